The zero-order chi connectivity index (χ0) is 16.3. The van der Waals surface area contributed by atoms with Gasteiger partial charge in [-0.1, -0.05) is 37.3 Å². The molecular formula is C19H29N3O. The molecule has 4 heteroatoms. The molecule has 0 saturated carbocycles. The Bertz CT molecular complexity index is 515. The molecule has 2 fully saturated rings. The van der Waals surface area contributed by atoms with Gasteiger partial charge < -0.3 is 10.2 Å². The minimum Gasteiger partial charge on any atom is -0.341 e. The molecule has 0 aromatic heterocycles. The van der Waals surface area contributed by atoms with E-state index in [-0.39, 0.29) is 11.9 Å². The standard InChI is InChI=1S/C19H29N3O/c1-3-21(2)17(16-7-5-4-6-8-16)18(23)22-13-10-19(11-14-22)9-12-20-15-19/h4-8,17,20H,3,9-15H2,1-2H3. The van der Waals surface area contributed by atoms with Crippen LogP contribution < -0.4 is 5.32 Å². The highest BCUT2D eigenvalue weighted by molar-refractivity contribution is 5.83. The van der Waals surface area contributed by atoms with Gasteiger partial charge in [-0.2, -0.15) is 0 Å². The van der Waals surface area contributed by atoms with E-state index in [2.05, 4.69) is 34.2 Å². The van der Waals surface area contributed by atoms with Crippen molar-refractivity contribution in [1.82, 2.24) is 15.1 Å². The Labute approximate surface area is 139 Å². The maximum atomic E-state index is 13.2. The van der Waals surface area contributed by atoms with Crippen LogP contribution in [0.2, 0.25) is 0 Å². The third-order valence-corrected chi connectivity index (χ3v) is 5.76. The summed E-state index contributed by atoms with van der Waals surface area (Å²) in [4.78, 5) is 17.4. The number of carbonyl (C=O) groups is 1. The van der Waals surface area contributed by atoms with Crippen molar-refractivity contribution in [3.8, 4) is 0 Å². The summed E-state index contributed by atoms with van der Waals surface area (Å²) in [5.74, 6) is 0.265. The Balaban J connectivity index is 1.72. The van der Waals surface area contributed by atoms with Crippen LogP contribution in [0.4, 0.5) is 0 Å². The molecule has 1 N–H and O–H groups in total. The lowest BCUT2D eigenvalue weighted by molar-refractivity contribution is -0.139. The van der Waals surface area contributed by atoms with Crippen LogP contribution in [0.25, 0.3) is 0 Å². The summed E-state index contributed by atoms with van der Waals surface area (Å²) >= 11 is 0. The first kappa shape index (κ1) is 16.5. The monoisotopic (exact) mass is 315 g/mol. The van der Waals surface area contributed by atoms with Crippen molar-refractivity contribution in [1.29, 1.82) is 0 Å². The van der Waals surface area contributed by atoms with Crippen molar-refractivity contribution in [3.63, 3.8) is 0 Å². The number of likely N-dealkylation sites (tertiary alicyclic amines) is 1. The molecule has 2 aliphatic rings. The average molecular weight is 315 g/mol. The third-order valence-electron chi connectivity index (χ3n) is 5.76. The van der Waals surface area contributed by atoms with Crippen LogP contribution in [-0.2, 0) is 4.79 Å². The first-order valence-corrected chi connectivity index (χ1v) is 8.90. The zero-order valence-electron chi connectivity index (χ0n) is 14.4. The molecule has 0 aliphatic carbocycles. The van der Waals surface area contributed by atoms with Crippen molar-refractivity contribution < 1.29 is 4.79 Å². The predicted octanol–water partition coefficient (Wildman–Crippen LogP) is 2.28. The molecule has 1 amide bonds. The summed E-state index contributed by atoms with van der Waals surface area (Å²) in [6, 6.07) is 10.0. The highest BCUT2D eigenvalue weighted by atomic mass is 16.2. The Kier molecular flexibility index (Phi) is 5.02. The molecular weight excluding hydrogens is 286 g/mol. The van der Waals surface area contributed by atoms with E-state index in [4.69, 9.17) is 0 Å². The Hall–Kier alpha value is -1.39. The van der Waals surface area contributed by atoms with E-state index in [1.54, 1.807) is 0 Å². The van der Waals surface area contributed by atoms with Crippen LogP contribution in [0.1, 0.15) is 37.8 Å². The number of likely N-dealkylation sites (N-methyl/N-ethyl adjacent to an activating group) is 1. The molecule has 2 heterocycles. The lowest BCUT2D eigenvalue weighted by Gasteiger charge is -2.41. The Morgan fingerprint density at radius 3 is 2.52 bits per heavy atom. The normalized spacial score (nSPS) is 21.8. The fourth-order valence-electron chi connectivity index (χ4n) is 4.00. The largest absolute Gasteiger partial charge is 0.341 e. The van der Waals surface area contributed by atoms with Gasteiger partial charge in [0.05, 0.1) is 0 Å². The summed E-state index contributed by atoms with van der Waals surface area (Å²) in [5, 5.41) is 3.49. The van der Waals surface area contributed by atoms with Crippen molar-refractivity contribution in [3.05, 3.63) is 35.9 Å². The van der Waals surface area contributed by atoms with Crippen LogP contribution in [-0.4, -0.2) is 55.5 Å². The number of carbonyl (C=O) groups excluding carboxylic acids is 1. The summed E-state index contributed by atoms with van der Waals surface area (Å²) < 4.78 is 0. The molecule has 1 unspecified atom stereocenters. The highest BCUT2D eigenvalue weighted by Gasteiger charge is 2.39. The fourth-order valence-corrected chi connectivity index (χ4v) is 4.00. The molecule has 0 bridgehead atoms. The Morgan fingerprint density at radius 2 is 1.96 bits per heavy atom. The molecule has 2 aliphatic heterocycles. The van der Waals surface area contributed by atoms with Crippen molar-refractivity contribution in [2.45, 2.75) is 32.2 Å². The second-order valence-electron chi connectivity index (χ2n) is 7.14. The number of nitrogens with zero attached hydrogens (tertiary/aromatic N) is 2. The van der Waals surface area contributed by atoms with Gasteiger partial charge in [-0.15, -0.1) is 0 Å². The zero-order valence-corrected chi connectivity index (χ0v) is 14.4. The molecule has 2 saturated heterocycles. The number of piperidine rings is 1. The van der Waals surface area contributed by atoms with Gasteiger partial charge in [0.2, 0.25) is 5.91 Å². The summed E-state index contributed by atoms with van der Waals surface area (Å²) in [5.41, 5.74) is 1.56. The van der Waals surface area contributed by atoms with E-state index in [1.807, 2.05) is 25.2 Å². The lowest BCUT2D eigenvalue weighted by atomic mass is 9.77. The topological polar surface area (TPSA) is 35.6 Å². The number of benzene rings is 1. The molecule has 1 spiro atoms. The number of rotatable bonds is 4. The molecule has 1 atom stereocenters. The van der Waals surface area contributed by atoms with E-state index >= 15 is 0 Å². The molecule has 23 heavy (non-hydrogen) atoms. The van der Waals surface area contributed by atoms with Crippen LogP contribution in [0.15, 0.2) is 30.3 Å². The first-order chi connectivity index (χ1) is 11.2. The Morgan fingerprint density at radius 1 is 1.26 bits per heavy atom. The van der Waals surface area contributed by atoms with Gasteiger partial charge in [-0.3, -0.25) is 9.69 Å². The second-order valence-corrected chi connectivity index (χ2v) is 7.14. The molecule has 1 aromatic carbocycles. The van der Waals surface area contributed by atoms with Crippen molar-refractivity contribution in [2.24, 2.45) is 5.41 Å². The van der Waals surface area contributed by atoms with Crippen LogP contribution >= 0.6 is 0 Å². The predicted molar refractivity (Wildman–Crippen MR) is 93.2 cm³/mol. The van der Waals surface area contributed by atoms with Gasteiger partial charge in [-0.25, -0.2) is 0 Å². The quantitative estimate of drug-likeness (QED) is 0.926. The number of hydrogen-bond acceptors (Lipinski definition) is 3. The maximum absolute atomic E-state index is 13.2. The average Bonchev–Trinajstić information content (AvgIpc) is 3.04. The van der Waals surface area contributed by atoms with Gasteiger partial charge in [0.15, 0.2) is 0 Å². The smallest absolute Gasteiger partial charge is 0.244 e. The molecule has 0 radical (unpaired) electrons. The van der Waals surface area contributed by atoms with Crippen molar-refractivity contribution >= 4 is 5.91 Å². The third kappa shape index (κ3) is 3.43. The first-order valence-electron chi connectivity index (χ1n) is 8.90. The minimum absolute atomic E-state index is 0.156. The van der Waals surface area contributed by atoms with Crippen LogP contribution in [0, 0.1) is 5.41 Å². The van der Waals surface area contributed by atoms with Gasteiger partial charge >= 0.3 is 0 Å². The van der Waals surface area contributed by atoms with Gasteiger partial charge in [0.1, 0.15) is 6.04 Å². The second kappa shape index (κ2) is 7.02. The minimum atomic E-state index is -0.156. The van der Waals surface area contributed by atoms with Gasteiger partial charge in [0.25, 0.3) is 0 Å². The van der Waals surface area contributed by atoms with Gasteiger partial charge in [0, 0.05) is 19.6 Å². The van der Waals surface area contributed by atoms with E-state index < -0.39 is 0 Å². The summed E-state index contributed by atoms with van der Waals surface area (Å²) in [7, 11) is 2.04. The molecule has 126 valence electrons. The van der Waals surface area contributed by atoms with E-state index in [0.717, 1.165) is 51.1 Å². The van der Waals surface area contributed by atoms with Crippen LogP contribution in [0.3, 0.4) is 0 Å². The van der Waals surface area contributed by atoms with Crippen molar-refractivity contribution in [2.75, 3.05) is 39.8 Å². The lowest BCUT2D eigenvalue weighted by Crippen LogP contribution is -2.48. The fraction of sp³-hybridized carbons (Fsp3) is 0.632. The summed E-state index contributed by atoms with van der Waals surface area (Å²) in [6.07, 6.45) is 3.55. The number of amides is 1. The van der Waals surface area contributed by atoms with E-state index in [0.29, 0.717) is 5.41 Å². The van der Waals surface area contributed by atoms with E-state index in [1.165, 1.54) is 6.42 Å². The molecule has 3 rings (SSSR count). The summed E-state index contributed by atoms with van der Waals surface area (Å²) in [6.45, 7) is 7.06. The van der Waals surface area contributed by atoms with Gasteiger partial charge in [-0.05, 0) is 50.4 Å². The number of nitrogens with one attached hydrogen (secondary N) is 1. The highest BCUT2D eigenvalue weighted by Crippen LogP contribution is 2.37. The maximum Gasteiger partial charge on any atom is 0.244 e. The molecule has 4 nitrogen and oxygen atoms in total. The number of hydrogen-bond donors (Lipinski definition) is 1. The van der Waals surface area contributed by atoms with E-state index in [9.17, 15) is 4.79 Å². The van der Waals surface area contributed by atoms with Crippen LogP contribution in [0.5, 0.6) is 0 Å². The molecule has 1 aromatic rings. The SMILES string of the molecule is CCN(C)C(C(=O)N1CCC2(CCNC2)CC1)c1ccccc1.